The van der Waals surface area contributed by atoms with Gasteiger partial charge in [0.2, 0.25) is 0 Å². The van der Waals surface area contributed by atoms with Crippen LogP contribution in [-0.4, -0.2) is 18.4 Å². The maximum Gasteiger partial charge on any atom is 0.282 e. The molecule has 0 bridgehead atoms. The molecule has 0 spiro atoms. The van der Waals surface area contributed by atoms with Crippen LogP contribution < -0.4 is 9.80 Å². The monoisotopic (exact) mass is 400 g/mol. The van der Waals surface area contributed by atoms with Gasteiger partial charge in [-0.05, 0) is 55.3 Å². The topological polar surface area (TPSA) is 40.6 Å². The molecular weight excluding hydrogens is 379 g/mol. The van der Waals surface area contributed by atoms with Crippen LogP contribution in [0.5, 0.6) is 0 Å². The van der Waals surface area contributed by atoms with Crippen molar-refractivity contribution in [1.29, 1.82) is 0 Å². The van der Waals surface area contributed by atoms with Gasteiger partial charge in [0.1, 0.15) is 11.5 Å². The molecule has 0 saturated heterocycles. The summed E-state index contributed by atoms with van der Waals surface area (Å²) in [5.74, 6) is -1.20. The summed E-state index contributed by atoms with van der Waals surface area (Å²) in [6, 6.07) is 22.4. The first kappa shape index (κ1) is 19.6. The van der Waals surface area contributed by atoms with E-state index in [0.717, 1.165) is 11.3 Å². The molecular formula is C25H21FN2O2. The zero-order chi connectivity index (χ0) is 21.3. The third kappa shape index (κ3) is 3.28. The Bertz CT molecular complexity index is 1140. The molecule has 0 N–H and O–H groups in total. The van der Waals surface area contributed by atoms with Crippen LogP contribution in [0.4, 0.5) is 15.8 Å². The molecule has 0 aromatic heterocycles. The normalized spacial score (nSPS) is 13.9. The Balaban J connectivity index is 1.92. The smallest absolute Gasteiger partial charge is 0.282 e. The highest BCUT2D eigenvalue weighted by atomic mass is 19.1. The molecule has 2 amide bonds. The third-order valence-electron chi connectivity index (χ3n) is 5.20. The van der Waals surface area contributed by atoms with Crippen molar-refractivity contribution in [3.63, 3.8) is 0 Å². The van der Waals surface area contributed by atoms with E-state index in [0.29, 0.717) is 23.5 Å². The number of para-hydroxylation sites is 2. The van der Waals surface area contributed by atoms with E-state index in [9.17, 15) is 14.0 Å². The van der Waals surface area contributed by atoms with Crippen LogP contribution in [0.3, 0.4) is 0 Å². The number of carbonyl (C=O) groups excluding carboxylic acids is 2. The SMILES string of the molecule is CCN(C1=C(c2ccc(F)cc2)C(=O)N(c2ccccc2C)C1=O)c1ccccc1. The summed E-state index contributed by atoms with van der Waals surface area (Å²) in [4.78, 5) is 30.2. The van der Waals surface area contributed by atoms with Gasteiger partial charge in [0.05, 0.1) is 11.3 Å². The molecule has 5 heteroatoms. The largest absolute Gasteiger partial charge is 0.337 e. The lowest BCUT2D eigenvalue weighted by Gasteiger charge is -2.25. The minimum Gasteiger partial charge on any atom is -0.337 e. The molecule has 0 radical (unpaired) electrons. The zero-order valence-corrected chi connectivity index (χ0v) is 16.8. The molecule has 1 heterocycles. The Morgan fingerprint density at radius 3 is 2.10 bits per heavy atom. The van der Waals surface area contributed by atoms with Crippen molar-refractivity contribution < 1.29 is 14.0 Å². The summed E-state index contributed by atoms with van der Waals surface area (Å²) in [5, 5.41) is 0. The van der Waals surface area contributed by atoms with Crippen molar-refractivity contribution >= 4 is 28.8 Å². The summed E-state index contributed by atoms with van der Waals surface area (Å²) < 4.78 is 13.5. The maximum absolute atomic E-state index is 13.6. The van der Waals surface area contributed by atoms with Crippen molar-refractivity contribution in [2.75, 3.05) is 16.3 Å². The number of anilines is 2. The molecule has 0 saturated carbocycles. The van der Waals surface area contributed by atoms with Gasteiger partial charge in [-0.15, -0.1) is 0 Å². The average Bonchev–Trinajstić information content (AvgIpc) is 3.01. The van der Waals surface area contributed by atoms with Crippen molar-refractivity contribution in [3.8, 4) is 0 Å². The fourth-order valence-corrected chi connectivity index (χ4v) is 3.76. The molecule has 1 aliphatic rings. The van der Waals surface area contributed by atoms with Gasteiger partial charge >= 0.3 is 0 Å². The fraction of sp³-hybridized carbons (Fsp3) is 0.120. The maximum atomic E-state index is 13.6. The van der Waals surface area contributed by atoms with Crippen LogP contribution >= 0.6 is 0 Å². The number of hydrogen-bond acceptors (Lipinski definition) is 3. The lowest BCUT2D eigenvalue weighted by atomic mass is 10.0. The lowest BCUT2D eigenvalue weighted by molar-refractivity contribution is -0.120. The summed E-state index contributed by atoms with van der Waals surface area (Å²) in [6.07, 6.45) is 0. The van der Waals surface area contributed by atoms with Crippen molar-refractivity contribution in [1.82, 2.24) is 0 Å². The number of rotatable bonds is 5. The highest BCUT2D eigenvalue weighted by Crippen LogP contribution is 2.37. The van der Waals surface area contributed by atoms with Crippen LogP contribution in [0.1, 0.15) is 18.1 Å². The van der Waals surface area contributed by atoms with Crippen LogP contribution in [0, 0.1) is 12.7 Å². The number of amides is 2. The predicted octanol–water partition coefficient (Wildman–Crippen LogP) is 4.95. The Labute approximate surface area is 174 Å². The van der Waals surface area contributed by atoms with E-state index >= 15 is 0 Å². The molecule has 0 unspecified atom stereocenters. The van der Waals surface area contributed by atoms with E-state index in [4.69, 9.17) is 0 Å². The minimum absolute atomic E-state index is 0.272. The molecule has 3 aromatic carbocycles. The fourth-order valence-electron chi connectivity index (χ4n) is 3.76. The quantitative estimate of drug-likeness (QED) is 0.569. The Hall–Kier alpha value is -3.73. The van der Waals surface area contributed by atoms with Gasteiger partial charge in [-0.3, -0.25) is 9.59 Å². The molecule has 0 fully saturated rings. The van der Waals surface area contributed by atoms with E-state index in [2.05, 4.69) is 0 Å². The number of hydrogen-bond donors (Lipinski definition) is 0. The number of imide groups is 1. The molecule has 4 nitrogen and oxygen atoms in total. The van der Waals surface area contributed by atoms with Crippen molar-refractivity contribution in [2.45, 2.75) is 13.8 Å². The van der Waals surface area contributed by atoms with Gasteiger partial charge in [0, 0.05) is 12.2 Å². The van der Waals surface area contributed by atoms with E-state index in [-0.39, 0.29) is 11.5 Å². The van der Waals surface area contributed by atoms with Crippen molar-refractivity contribution in [2.24, 2.45) is 0 Å². The highest BCUT2D eigenvalue weighted by Gasteiger charge is 2.43. The number of aryl methyl sites for hydroxylation is 1. The van der Waals surface area contributed by atoms with Gasteiger partial charge in [-0.2, -0.15) is 0 Å². The van der Waals surface area contributed by atoms with Gasteiger partial charge in [0.15, 0.2) is 0 Å². The van der Waals surface area contributed by atoms with Gasteiger partial charge < -0.3 is 4.90 Å². The second kappa shape index (κ2) is 7.95. The van der Waals surface area contributed by atoms with E-state index < -0.39 is 11.7 Å². The number of nitrogens with zero attached hydrogens (tertiary/aromatic N) is 2. The molecule has 150 valence electrons. The zero-order valence-electron chi connectivity index (χ0n) is 16.8. The number of carbonyl (C=O) groups is 2. The van der Waals surface area contributed by atoms with E-state index in [1.165, 1.54) is 29.2 Å². The first-order valence-electron chi connectivity index (χ1n) is 9.80. The van der Waals surface area contributed by atoms with E-state index in [1.54, 1.807) is 12.1 Å². The third-order valence-corrected chi connectivity index (χ3v) is 5.20. The molecule has 1 aliphatic heterocycles. The first-order chi connectivity index (χ1) is 14.5. The Kier molecular flexibility index (Phi) is 5.19. The molecule has 0 aliphatic carbocycles. The standard InChI is InChI=1S/C25H21FN2O2/c1-3-27(20-10-5-4-6-11-20)23-22(18-13-15-19(26)16-14-18)24(29)28(25(23)30)21-12-8-7-9-17(21)2/h4-16H,3H2,1-2H3. The number of halogens is 1. The summed E-state index contributed by atoms with van der Waals surface area (Å²) in [5.41, 5.74) is 3.25. The second-order valence-corrected chi connectivity index (χ2v) is 7.04. The number of benzene rings is 3. The molecule has 4 rings (SSSR count). The van der Waals surface area contributed by atoms with Crippen molar-refractivity contribution in [3.05, 3.63) is 102 Å². The van der Waals surface area contributed by atoms with Gasteiger partial charge in [-0.25, -0.2) is 9.29 Å². The van der Waals surface area contributed by atoms with Crippen LogP contribution in [0.15, 0.2) is 84.6 Å². The summed E-state index contributed by atoms with van der Waals surface area (Å²) in [7, 11) is 0. The summed E-state index contributed by atoms with van der Waals surface area (Å²) in [6.45, 7) is 4.28. The van der Waals surface area contributed by atoms with E-state index in [1.807, 2.05) is 61.2 Å². The molecule has 30 heavy (non-hydrogen) atoms. The lowest BCUT2D eigenvalue weighted by Crippen LogP contribution is -2.35. The predicted molar refractivity (Wildman–Crippen MR) is 116 cm³/mol. The van der Waals surface area contributed by atoms with Crippen LogP contribution in [0.2, 0.25) is 0 Å². The Morgan fingerprint density at radius 2 is 1.47 bits per heavy atom. The average molecular weight is 400 g/mol. The van der Waals surface area contributed by atoms with Crippen LogP contribution in [0.25, 0.3) is 5.57 Å². The van der Waals surface area contributed by atoms with Crippen LogP contribution in [-0.2, 0) is 9.59 Å². The Morgan fingerprint density at radius 1 is 0.833 bits per heavy atom. The van der Waals surface area contributed by atoms with Gasteiger partial charge in [0.25, 0.3) is 11.8 Å². The minimum atomic E-state index is -0.412. The molecule has 0 atom stereocenters. The molecule has 3 aromatic rings. The first-order valence-corrected chi connectivity index (χ1v) is 9.80. The summed E-state index contributed by atoms with van der Waals surface area (Å²) >= 11 is 0. The number of likely N-dealkylation sites (N-methyl/N-ethyl adjacent to an activating group) is 1. The van der Waals surface area contributed by atoms with Gasteiger partial charge in [-0.1, -0.05) is 48.5 Å². The highest BCUT2D eigenvalue weighted by molar-refractivity contribution is 6.46. The second-order valence-electron chi connectivity index (χ2n) is 7.04.